The van der Waals surface area contributed by atoms with Gasteiger partial charge in [-0.2, -0.15) is 0 Å². The number of ether oxygens (including phenoxy) is 1. The Morgan fingerprint density at radius 3 is 2.75 bits per heavy atom. The van der Waals surface area contributed by atoms with Crippen molar-refractivity contribution in [1.82, 2.24) is 9.97 Å². The van der Waals surface area contributed by atoms with Crippen molar-refractivity contribution in [2.24, 2.45) is 0 Å². The molecular formula is C10H8I2N2OS. The predicted octanol–water partition coefficient (Wildman–Crippen LogP) is 3.86. The van der Waals surface area contributed by atoms with Gasteiger partial charge in [0.25, 0.3) is 0 Å². The van der Waals surface area contributed by atoms with Crippen LogP contribution in [-0.2, 0) is 6.61 Å². The molecular weight excluding hydrogens is 450 g/mol. The summed E-state index contributed by atoms with van der Waals surface area (Å²) in [4.78, 5) is 5.91. The van der Waals surface area contributed by atoms with Crippen molar-refractivity contribution in [2.75, 3.05) is 0 Å². The fourth-order valence-electron chi connectivity index (χ4n) is 1.20. The molecule has 0 saturated heterocycles. The molecule has 0 amide bonds. The predicted molar refractivity (Wildman–Crippen MR) is 82.2 cm³/mol. The van der Waals surface area contributed by atoms with E-state index in [-0.39, 0.29) is 0 Å². The summed E-state index contributed by atoms with van der Waals surface area (Å²) in [5.74, 6) is 0.890. The molecule has 1 aromatic carbocycles. The van der Waals surface area contributed by atoms with Crippen LogP contribution < -0.4 is 4.74 Å². The van der Waals surface area contributed by atoms with Gasteiger partial charge in [0.15, 0.2) is 4.77 Å². The molecule has 3 nitrogen and oxygen atoms in total. The Balaban J connectivity index is 2.07. The molecule has 1 heterocycles. The number of imidazole rings is 1. The Kier molecular flexibility index (Phi) is 4.25. The van der Waals surface area contributed by atoms with E-state index in [1.54, 1.807) is 0 Å². The van der Waals surface area contributed by atoms with Crippen LogP contribution >= 0.6 is 57.4 Å². The van der Waals surface area contributed by atoms with Crippen LogP contribution in [0.1, 0.15) is 5.69 Å². The third-order valence-electron chi connectivity index (χ3n) is 1.93. The Morgan fingerprint density at radius 2 is 2.12 bits per heavy atom. The summed E-state index contributed by atoms with van der Waals surface area (Å²) in [6.45, 7) is 0.490. The number of H-pyrrole nitrogens is 2. The maximum atomic E-state index is 5.68. The average Bonchev–Trinajstić information content (AvgIpc) is 2.63. The highest BCUT2D eigenvalue weighted by Crippen LogP contribution is 2.23. The van der Waals surface area contributed by atoms with E-state index in [1.165, 1.54) is 3.57 Å². The maximum Gasteiger partial charge on any atom is 0.174 e. The first kappa shape index (κ1) is 12.4. The van der Waals surface area contributed by atoms with Gasteiger partial charge in [0, 0.05) is 9.77 Å². The number of aromatic nitrogens is 2. The highest BCUT2D eigenvalue weighted by atomic mass is 127. The van der Waals surface area contributed by atoms with Gasteiger partial charge in [-0.05, 0) is 75.6 Å². The quantitative estimate of drug-likeness (QED) is 0.542. The first-order chi connectivity index (χ1) is 7.65. The molecule has 84 valence electrons. The highest BCUT2D eigenvalue weighted by Gasteiger charge is 2.02. The summed E-state index contributed by atoms with van der Waals surface area (Å²) in [6.07, 6.45) is 1.82. The van der Waals surface area contributed by atoms with E-state index in [1.807, 2.05) is 18.3 Å². The van der Waals surface area contributed by atoms with Crippen LogP contribution in [0.15, 0.2) is 24.4 Å². The van der Waals surface area contributed by atoms with Gasteiger partial charge >= 0.3 is 0 Å². The van der Waals surface area contributed by atoms with Crippen molar-refractivity contribution in [1.29, 1.82) is 0 Å². The molecule has 0 aliphatic carbocycles. The number of halogens is 2. The molecule has 2 rings (SSSR count). The third-order valence-corrected chi connectivity index (χ3v) is 3.66. The smallest absolute Gasteiger partial charge is 0.174 e. The minimum Gasteiger partial charge on any atom is -0.486 e. The van der Waals surface area contributed by atoms with Gasteiger partial charge in [-0.3, -0.25) is 0 Å². The molecule has 0 fully saturated rings. The lowest BCUT2D eigenvalue weighted by atomic mass is 10.3. The molecule has 0 radical (unpaired) electrons. The summed E-state index contributed by atoms with van der Waals surface area (Å²) < 4.78 is 8.62. The molecule has 0 atom stereocenters. The largest absolute Gasteiger partial charge is 0.486 e. The lowest BCUT2D eigenvalue weighted by molar-refractivity contribution is 0.299. The summed E-state index contributed by atoms with van der Waals surface area (Å²) in [7, 11) is 0. The molecule has 0 aliphatic rings. The van der Waals surface area contributed by atoms with Crippen molar-refractivity contribution in [3.05, 3.63) is 42.0 Å². The number of nitrogens with one attached hydrogen (secondary N) is 2. The van der Waals surface area contributed by atoms with Gasteiger partial charge in [-0.15, -0.1) is 0 Å². The van der Waals surface area contributed by atoms with Crippen LogP contribution in [0.3, 0.4) is 0 Å². The summed E-state index contributed by atoms with van der Waals surface area (Å²) in [5, 5.41) is 0. The van der Waals surface area contributed by atoms with Gasteiger partial charge in [0.05, 0.1) is 9.26 Å². The minimum absolute atomic E-state index is 0.490. The number of hydrogen-bond acceptors (Lipinski definition) is 2. The topological polar surface area (TPSA) is 40.8 Å². The van der Waals surface area contributed by atoms with E-state index < -0.39 is 0 Å². The SMILES string of the molecule is S=c1[nH]cc(COc2ccc(I)cc2I)[nH]1. The fraction of sp³-hybridized carbons (Fsp3) is 0.100. The monoisotopic (exact) mass is 458 g/mol. The van der Waals surface area contributed by atoms with E-state index in [9.17, 15) is 0 Å². The standard InChI is InChI=1S/C10H8I2N2OS/c11-6-1-2-9(8(12)3-6)15-5-7-4-13-10(16)14-7/h1-4H,5H2,(H2,13,14,16). The van der Waals surface area contributed by atoms with E-state index in [4.69, 9.17) is 17.0 Å². The second kappa shape index (κ2) is 5.50. The normalized spacial score (nSPS) is 10.4. The van der Waals surface area contributed by atoms with E-state index >= 15 is 0 Å². The zero-order valence-corrected chi connectivity index (χ0v) is 13.2. The van der Waals surface area contributed by atoms with Gasteiger partial charge in [0.1, 0.15) is 12.4 Å². The molecule has 6 heteroatoms. The Bertz CT molecular complexity index is 550. The highest BCUT2D eigenvalue weighted by molar-refractivity contribution is 14.1. The molecule has 2 aromatic rings. The zero-order valence-electron chi connectivity index (χ0n) is 8.09. The van der Waals surface area contributed by atoms with Gasteiger partial charge in [0.2, 0.25) is 0 Å². The lowest BCUT2D eigenvalue weighted by Gasteiger charge is -2.06. The Morgan fingerprint density at radius 1 is 1.31 bits per heavy atom. The summed E-state index contributed by atoms with van der Waals surface area (Å²) in [5.41, 5.74) is 0.944. The molecule has 0 unspecified atom stereocenters. The van der Waals surface area contributed by atoms with Crippen LogP contribution in [0.4, 0.5) is 0 Å². The van der Waals surface area contributed by atoms with E-state index in [0.29, 0.717) is 11.4 Å². The van der Waals surface area contributed by atoms with E-state index in [2.05, 4.69) is 61.2 Å². The van der Waals surface area contributed by atoms with Crippen molar-refractivity contribution < 1.29 is 4.74 Å². The number of aromatic amines is 2. The van der Waals surface area contributed by atoms with Crippen molar-refractivity contribution >= 4 is 57.4 Å². The number of hydrogen-bond donors (Lipinski definition) is 2. The van der Waals surface area contributed by atoms with E-state index in [0.717, 1.165) is 15.0 Å². The van der Waals surface area contributed by atoms with Crippen LogP contribution in [0.2, 0.25) is 0 Å². The fourth-order valence-corrected chi connectivity index (χ4v) is 3.14. The lowest BCUT2D eigenvalue weighted by Crippen LogP contribution is -1.97. The maximum absolute atomic E-state index is 5.68. The Hall–Kier alpha value is -0.0900. The summed E-state index contributed by atoms with van der Waals surface area (Å²) >= 11 is 9.48. The first-order valence-electron chi connectivity index (χ1n) is 4.49. The van der Waals surface area contributed by atoms with Gasteiger partial charge < -0.3 is 14.7 Å². The summed E-state index contributed by atoms with van der Waals surface area (Å²) in [6, 6.07) is 6.08. The molecule has 0 saturated carbocycles. The second-order valence-electron chi connectivity index (χ2n) is 3.13. The first-order valence-corrected chi connectivity index (χ1v) is 7.06. The number of rotatable bonds is 3. The van der Waals surface area contributed by atoms with Crippen LogP contribution in [0, 0.1) is 11.9 Å². The average molecular weight is 458 g/mol. The third kappa shape index (κ3) is 3.20. The molecule has 2 N–H and O–H groups in total. The molecule has 0 aliphatic heterocycles. The number of benzene rings is 1. The van der Waals surface area contributed by atoms with Crippen molar-refractivity contribution in [3.63, 3.8) is 0 Å². The van der Waals surface area contributed by atoms with Gasteiger partial charge in [-0.1, -0.05) is 0 Å². The Labute approximate surface area is 125 Å². The van der Waals surface area contributed by atoms with Crippen LogP contribution in [0.25, 0.3) is 0 Å². The molecule has 0 spiro atoms. The zero-order chi connectivity index (χ0) is 11.5. The minimum atomic E-state index is 0.490. The van der Waals surface area contributed by atoms with Crippen molar-refractivity contribution in [3.8, 4) is 5.75 Å². The molecule has 0 bridgehead atoms. The van der Waals surface area contributed by atoms with Gasteiger partial charge in [-0.25, -0.2) is 0 Å². The van der Waals surface area contributed by atoms with Crippen LogP contribution in [-0.4, -0.2) is 9.97 Å². The molecule has 1 aromatic heterocycles. The van der Waals surface area contributed by atoms with Crippen molar-refractivity contribution in [2.45, 2.75) is 6.61 Å². The molecule has 16 heavy (non-hydrogen) atoms. The second-order valence-corrected chi connectivity index (χ2v) is 5.95. The van der Waals surface area contributed by atoms with Crippen LogP contribution in [0.5, 0.6) is 5.75 Å².